The summed E-state index contributed by atoms with van der Waals surface area (Å²) in [4.78, 5) is 3.68. The maximum absolute atomic E-state index is 12.2. The first kappa shape index (κ1) is 11.4. The van der Waals surface area contributed by atoms with Gasteiger partial charge in [0.05, 0.1) is 20.2 Å². The van der Waals surface area contributed by atoms with Gasteiger partial charge in [0, 0.05) is 0 Å². The fourth-order valence-electron chi connectivity index (χ4n) is 0.769. The second-order valence-corrected chi connectivity index (χ2v) is 3.98. The molecule has 0 spiro atoms. The SMILES string of the molecule is FC(F)c1cc(Cl)c(I)c(CCl)n1. The molecule has 0 saturated heterocycles. The Morgan fingerprint density at radius 2 is 2.15 bits per heavy atom. The molecule has 1 heterocycles. The van der Waals surface area contributed by atoms with E-state index in [-0.39, 0.29) is 16.6 Å². The highest BCUT2D eigenvalue weighted by molar-refractivity contribution is 14.1. The second-order valence-electron chi connectivity index (χ2n) is 2.22. The van der Waals surface area contributed by atoms with E-state index >= 15 is 0 Å². The fraction of sp³-hybridized carbons (Fsp3) is 0.286. The van der Waals surface area contributed by atoms with Crippen molar-refractivity contribution in [2.75, 3.05) is 0 Å². The Labute approximate surface area is 97.6 Å². The van der Waals surface area contributed by atoms with Gasteiger partial charge in [0.15, 0.2) is 0 Å². The minimum atomic E-state index is -2.61. The van der Waals surface area contributed by atoms with Gasteiger partial charge in [-0.15, -0.1) is 11.6 Å². The van der Waals surface area contributed by atoms with Crippen molar-refractivity contribution in [3.63, 3.8) is 0 Å². The Morgan fingerprint density at radius 1 is 1.54 bits per heavy atom. The average molecular weight is 338 g/mol. The van der Waals surface area contributed by atoms with Gasteiger partial charge in [-0.25, -0.2) is 13.8 Å². The van der Waals surface area contributed by atoms with Gasteiger partial charge in [0.1, 0.15) is 5.69 Å². The van der Waals surface area contributed by atoms with Crippen LogP contribution in [0.3, 0.4) is 0 Å². The van der Waals surface area contributed by atoms with Gasteiger partial charge in [-0.1, -0.05) is 11.6 Å². The van der Waals surface area contributed by atoms with E-state index in [0.717, 1.165) is 6.07 Å². The molecule has 1 nitrogen and oxygen atoms in total. The molecule has 0 fully saturated rings. The van der Waals surface area contributed by atoms with Crippen molar-refractivity contribution in [1.29, 1.82) is 0 Å². The summed E-state index contributed by atoms with van der Waals surface area (Å²) in [6.45, 7) is 0. The predicted molar refractivity (Wildman–Crippen MR) is 56.5 cm³/mol. The zero-order valence-electron chi connectivity index (χ0n) is 6.20. The number of hydrogen-bond acceptors (Lipinski definition) is 1. The first-order valence-corrected chi connectivity index (χ1v) is 5.24. The molecule has 0 N–H and O–H groups in total. The highest BCUT2D eigenvalue weighted by Gasteiger charge is 2.14. The number of alkyl halides is 3. The maximum atomic E-state index is 12.2. The Kier molecular flexibility index (Phi) is 4.12. The van der Waals surface area contributed by atoms with Gasteiger partial charge in [0.2, 0.25) is 0 Å². The number of hydrogen-bond donors (Lipinski definition) is 0. The highest BCUT2D eigenvalue weighted by Crippen LogP contribution is 2.27. The molecular weight excluding hydrogens is 334 g/mol. The molecular formula is C7H4Cl2F2IN. The summed E-state index contributed by atoms with van der Waals surface area (Å²) in [5, 5.41) is 0.265. The lowest BCUT2D eigenvalue weighted by atomic mass is 10.3. The quantitative estimate of drug-likeness (QED) is 0.587. The smallest absolute Gasteiger partial charge is 0.249 e. The van der Waals surface area contributed by atoms with Crippen LogP contribution >= 0.6 is 45.8 Å². The van der Waals surface area contributed by atoms with E-state index in [0.29, 0.717) is 9.26 Å². The second kappa shape index (κ2) is 4.70. The van der Waals surface area contributed by atoms with Crippen molar-refractivity contribution >= 4 is 45.8 Å². The number of rotatable bonds is 2. The fourth-order valence-corrected chi connectivity index (χ4v) is 1.88. The predicted octanol–water partition coefficient (Wildman–Crippen LogP) is 4.02. The Balaban J connectivity index is 3.22. The van der Waals surface area contributed by atoms with E-state index in [1.165, 1.54) is 0 Å². The van der Waals surface area contributed by atoms with E-state index in [1.807, 2.05) is 22.6 Å². The van der Waals surface area contributed by atoms with Crippen molar-refractivity contribution < 1.29 is 8.78 Å². The summed E-state index contributed by atoms with van der Waals surface area (Å²) in [6, 6.07) is 1.16. The summed E-state index contributed by atoms with van der Waals surface area (Å²) in [5.41, 5.74) is 0.0612. The first-order valence-electron chi connectivity index (χ1n) is 3.25. The van der Waals surface area contributed by atoms with Gasteiger partial charge < -0.3 is 0 Å². The molecule has 0 radical (unpaired) electrons. The lowest BCUT2D eigenvalue weighted by Crippen LogP contribution is -1.98. The number of halogens is 5. The lowest BCUT2D eigenvalue weighted by Gasteiger charge is -2.05. The van der Waals surface area contributed by atoms with Crippen LogP contribution in [0.4, 0.5) is 8.78 Å². The summed E-state index contributed by atoms with van der Waals surface area (Å²) in [7, 11) is 0. The molecule has 0 aliphatic carbocycles. The molecule has 1 aromatic heterocycles. The first-order chi connectivity index (χ1) is 6.06. The Bertz CT molecular complexity index is 320. The number of aromatic nitrogens is 1. The van der Waals surface area contributed by atoms with Crippen LogP contribution in [0.5, 0.6) is 0 Å². The van der Waals surface area contributed by atoms with E-state index in [2.05, 4.69) is 4.98 Å². The summed E-state index contributed by atoms with van der Waals surface area (Å²) in [6.07, 6.45) is -2.61. The third-order valence-electron chi connectivity index (χ3n) is 1.35. The standard InChI is InChI=1S/C7H4Cl2F2IN/c8-2-5-6(12)3(9)1-4(13-5)7(10)11/h1,7H,2H2. The topological polar surface area (TPSA) is 12.9 Å². The number of nitrogens with zero attached hydrogens (tertiary/aromatic N) is 1. The van der Waals surface area contributed by atoms with Crippen LogP contribution in [0.1, 0.15) is 17.8 Å². The van der Waals surface area contributed by atoms with Crippen LogP contribution in [0.25, 0.3) is 0 Å². The molecule has 13 heavy (non-hydrogen) atoms. The van der Waals surface area contributed by atoms with Gasteiger partial charge >= 0.3 is 0 Å². The Hall–Kier alpha value is 0.320. The molecule has 6 heteroatoms. The summed E-state index contributed by atoms with van der Waals surface area (Å²) < 4.78 is 25.1. The highest BCUT2D eigenvalue weighted by atomic mass is 127. The van der Waals surface area contributed by atoms with E-state index in [9.17, 15) is 8.78 Å². The molecule has 0 atom stereocenters. The largest absolute Gasteiger partial charge is 0.280 e. The molecule has 1 aromatic rings. The molecule has 0 aliphatic rings. The molecule has 0 bridgehead atoms. The van der Waals surface area contributed by atoms with Crippen LogP contribution in [0.15, 0.2) is 6.07 Å². The van der Waals surface area contributed by atoms with Crippen molar-refractivity contribution in [1.82, 2.24) is 4.98 Å². The third-order valence-corrected chi connectivity index (χ3v) is 3.43. The van der Waals surface area contributed by atoms with Crippen LogP contribution in [-0.2, 0) is 5.88 Å². The molecule has 0 unspecified atom stereocenters. The zero-order valence-corrected chi connectivity index (χ0v) is 9.87. The summed E-state index contributed by atoms with van der Waals surface area (Å²) in [5.74, 6) is 0.0819. The lowest BCUT2D eigenvalue weighted by molar-refractivity contribution is 0.146. The van der Waals surface area contributed by atoms with Crippen molar-refractivity contribution in [3.8, 4) is 0 Å². The zero-order chi connectivity index (χ0) is 10.0. The molecule has 0 aromatic carbocycles. The van der Waals surface area contributed by atoms with Crippen LogP contribution in [-0.4, -0.2) is 4.98 Å². The molecule has 0 aliphatic heterocycles. The van der Waals surface area contributed by atoms with Crippen LogP contribution in [0, 0.1) is 3.57 Å². The monoisotopic (exact) mass is 337 g/mol. The molecule has 0 saturated carbocycles. The van der Waals surface area contributed by atoms with Crippen molar-refractivity contribution in [3.05, 3.63) is 26.0 Å². The van der Waals surface area contributed by atoms with Gasteiger partial charge in [-0.05, 0) is 28.7 Å². The summed E-state index contributed by atoms with van der Waals surface area (Å²) >= 11 is 13.1. The third kappa shape index (κ3) is 2.63. The average Bonchev–Trinajstić information content (AvgIpc) is 2.09. The molecule has 72 valence electrons. The minimum Gasteiger partial charge on any atom is -0.249 e. The van der Waals surface area contributed by atoms with Crippen molar-refractivity contribution in [2.45, 2.75) is 12.3 Å². The van der Waals surface area contributed by atoms with E-state index < -0.39 is 6.43 Å². The van der Waals surface area contributed by atoms with Gasteiger partial charge in [0.25, 0.3) is 6.43 Å². The molecule has 0 amide bonds. The normalized spacial score (nSPS) is 10.9. The molecule has 1 rings (SSSR count). The van der Waals surface area contributed by atoms with Crippen LogP contribution in [0.2, 0.25) is 5.02 Å². The number of pyridine rings is 1. The van der Waals surface area contributed by atoms with Crippen molar-refractivity contribution in [2.24, 2.45) is 0 Å². The maximum Gasteiger partial charge on any atom is 0.280 e. The van der Waals surface area contributed by atoms with Gasteiger partial charge in [-0.3, -0.25) is 0 Å². The van der Waals surface area contributed by atoms with Crippen LogP contribution < -0.4 is 0 Å². The van der Waals surface area contributed by atoms with E-state index in [1.54, 1.807) is 0 Å². The van der Waals surface area contributed by atoms with Gasteiger partial charge in [-0.2, -0.15) is 0 Å². The minimum absolute atomic E-state index is 0.0819. The van der Waals surface area contributed by atoms with E-state index in [4.69, 9.17) is 23.2 Å². The Morgan fingerprint density at radius 3 is 2.62 bits per heavy atom.